The molecule has 0 unspecified atom stereocenters. The third-order valence-corrected chi connectivity index (χ3v) is 4.78. The lowest BCUT2D eigenvalue weighted by atomic mass is 9.64. The molecule has 1 N–H and O–H groups in total. The first-order valence-corrected chi connectivity index (χ1v) is 7.00. The molecular formula is C16H22O2. The summed E-state index contributed by atoms with van der Waals surface area (Å²) in [4.78, 5) is 0. The quantitative estimate of drug-likeness (QED) is 0.809. The highest BCUT2D eigenvalue weighted by molar-refractivity contribution is 5.45. The molecule has 1 aliphatic carbocycles. The summed E-state index contributed by atoms with van der Waals surface area (Å²) in [6.07, 6.45) is 3.49. The Morgan fingerprint density at radius 1 is 1.39 bits per heavy atom. The molecule has 1 saturated carbocycles. The minimum absolute atomic E-state index is 0.0309. The summed E-state index contributed by atoms with van der Waals surface area (Å²) in [5.74, 6) is 3.25. The normalized spacial score (nSPS) is 34.0. The Morgan fingerprint density at radius 2 is 2.17 bits per heavy atom. The molecule has 0 spiro atoms. The van der Waals surface area contributed by atoms with Crippen molar-refractivity contribution in [2.45, 2.75) is 51.6 Å². The first kappa shape index (κ1) is 11.9. The minimum atomic E-state index is -0.0309. The Balaban J connectivity index is 2.06. The van der Waals surface area contributed by atoms with Gasteiger partial charge in [-0.05, 0) is 55.6 Å². The van der Waals surface area contributed by atoms with E-state index in [9.17, 15) is 5.11 Å². The highest BCUT2D eigenvalue weighted by Gasteiger charge is 2.45. The number of phenolic OH excluding ortho intramolecular Hbond substituents is 1. The number of hydrogen-bond donors (Lipinski definition) is 1. The molecule has 2 heteroatoms. The molecule has 1 aromatic carbocycles. The second kappa shape index (κ2) is 3.91. The first-order valence-electron chi connectivity index (χ1n) is 7.00. The van der Waals surface area contributed by atoms with Crippen LogP contribution in [0.15, 0.2) is 18.2 Å². The van der Waals surface area contributed by atoms with Crippen LogP contribution in [0.25, 0.3) is 0 Å². The van der Waals surface area contributed by atoms with E-state index in [1.807, 2.05) is 0 Å². The van der Waals surface area contributed by atoms with Gasteiger partial charge in [0.1, 0.15) is 17.1 Å². The SMILES string of the molecule is CC(C)[C@@H]1CC[C@]2(C)C[C@H]1c1ccc(O)cc1O2. The van der Waals surface area contributed by atoms with Crippen LogP contribution in [0.2, 0.25) is 0 Å². The standard InChI is InChI=1S/C16H22O2/c1-10(2)12-6-7-16(3)9-14(12)13-5-4-11(17)8-15(13)18-16/h4-5,8,10,12,14,17H,6-7,9H2,1-3H3/t12-,14+,16+/m0/s1. The number of fused-ring (bicyclic) bond motifs is 4. The van der Waals surface area contributed by atoms with Crippen LogP contribution in [-0.4, -0.2) is 10.7 Å². The second-order valence-electron chi connectivity index (χ2n) is 6.53. The van der Waals surface area contributed by atoms with Gasteiger partial charge < -0.3 is 9.84 Å². The number of aromatic hydroxyl groups is 1. The van der Waals surface area contributed by atoms with E-state index < -0.39 is 0 Å². The van der Waals surface area contributed by atoms with Crippen LogP contribution in [0.4, 0.5) is 0 Å². The summed E-state index contributed by atoms with van der Waals surface area (Å²) in [5.41, 5.74) is 1.26. The zero-order valence-electron chi connectivity index (χ0n) is 11.4. The number of hydrogen-bond acceptors (Lipinski definition) is 2. The number of ether oxygens (including phenoxy) is 1. The molecule has 0 saturated heterocycles. The molecule has 2 nitrogen and oxygen atoms in total. The van der Waals surface area contributed by atoms with Gasteiger partial charge in [-0.25, -0.2) is 0 Å². The highest BCUT2D eigenvalue weighted by Crippen LogP contribution is 2.53. The van der Waals surface area contributed by atoms with E-state index in [2.05, 4.69) is 26.8 Å². The molecular weight excluding hydrogens is 224 g/mol. The first-order chi connectivity index (χ1) is 8.48. The van der Waals surface area contributed by atoms with Crippen LogP contribution in [0, 0.1) is 11.8 Å². The predicted molar refractivity (Wildman–Crippen MR) is 72.1 cm³/mol. The molecule has 1 aromatic rings. The molecule has 0 radical (unpaired) electrons. The minimum Gasteiger partial charge on any atom is -0.508 e. The van der Waals surface area contributed by atoms with Crippen molar-refractivity contribution in [2.24, 2.45) is 11.8 Å². The smallest absolute Gasteiger partial charge is 0.127 e. The molecule has 2 aliphatic rings. The molecule has 3 atom stereocenters. The molecule has 0 amide bonds. The molecule has 0 aromatic heterocycles. The molecule has 1 heterocycles. The van der Waals surface area contributed by atoms with Crippen LogP contribution in [-0.2, 0) is 0 Å². The van der Waals surface area contributed by atoms with Gasteiger partial charge in [-0.15, -0.1) is 0 Å². The van der Waals surface area contributed by atoms with Crippen molar-refractivity contribution in [1.82, 2.24) is 0 Å². The van der Waals surface area contributed by atoms with Gasteiger partial charge >= 0.3 is 0 Å². The van der Waals surface area contributed by atoms with Crippen molar-refractivity contribution in [1.29, 1.82) is 0 Å². The Bertz CT molecular complexity index is 466. The van der Waals surface area contributed by atoms with Gasteiger partial charge in [0.25, 0.3) is 0 Å². The molecule has 3 rings (SSSR count). The highest BCUT2D eigenvalue weighted by atomic mass is 16.5. The topological polar surface area (TPSA) is 29.5 Å². The summed E-state index contributed by atoms with van der Waals surface area (Å²) in [5, 5.41) is 9.63. The maximum Gasteiger partial charge on any atom is 0.127 e. The summed E-state index contributed by atoms with van der Waals surface area (Å²) in [6.45, 7) is 6.86. The number of phenols is 1. The van der Waals surface area contributed by atoms with Crippen molar-refractivity contribution >= 4 is 0 Å². The number of rotatable bonds is 1. The Kier molecular flexibility index (Phi) is 2.58. The van der Waals surface area contributed by atoms with Crippen molar-refractivity contribution in [3.05, 3.63) is 23.8 Å². The summed E-state index contributed by atoms with van der Waals surface area (Å²) < 4.78 is 6.14. The fourth-order valence-corrected chi connectivity index (χ4v) is 3.81. The third-order valence-electron chi connectivity index (χ3n) is 4.78. The lowest BCUT2D eigenvalue weighted by Crippen LogP contribution is -2.45. The van der Waals surface area contributed by atoms with E-state index in [0.717, 1.165) is 24.5 Å². The number of benzene rings is 1. The third kappa shape index (κ3) is 1.79. The van der Waals surface area contributed by atoms with E-state index in [1.165, 1.54) is 12.0 Å². The van der Waals surface area contributed by atoms with Crippen molar-refractivity contribution in [3.8, 4) is 11.5 Å². The van der Waals surface area contributed by atoms with E-state index >= 15 is 0 Å². The van der Waals surface area contributed by atoms with E-state index in [4.69, 9.17) is 4.74 Å². The average Bonchev–Trinajstić information content (AvgIpc) is 2.27. The summed E-state index contributed by atoms with van der Waals surface area (Å²) in [6, 6.07) is 5.62. The zero-order chi connectivity index (χ0) is 12.9. The monoisotopic (exact) mass is 246 g/mol. The Hall–Kier alpha value is -1.18. The van der Waals surface area contributed by atoms with Crippen LogP contribution < -0.4 is 4.74 Å². The molecule has 98 valence electrons. The van der Waals surface area contributed by atoms with Crippen LogP contribution in [0.5, 0.6) is 11.5 Å². The van der Waals surface area contributed by atoms with Gasteiger partial charge in [-0.3, -0.25) is 0 Å². The van der Waals surface area contributed by atoms with Gasteiger partial charge in [0.15, 0.2) is 0 Å². The summed E-state index contributed by atoms with van der Waals surface area (Å²) >= 11 is 0. The van der Waals surface area contributed by atoms with Gasteiger partial charge in [-0.1, -0.05) is 19.9 Å². The van der Waals surface area contributed by atoms with E-state index in [0.29, 0.717) is 17.6 Å². The Labute approximate surface area is 109 Å². The van der Waals surface area contributed by atoms with Crippen LogP contribution in [0.3, 0.4) is 0 Å². The lowest BCUT2D eigenvalue weighted by Gasteiger charge is -2.48. The summed E-state index contributed by atoms with van der Waals surface area (Å²) in [7, 11) is 0. The van der Waals surface area contributed by atoms with E-state index in [-0.39, 0.29) is 5.60 Å². The van der Waals surface area contributed by atoms with Crippen molar-refractivity contribution < 1.29 is 9.84 Å². The largest absolute Gasteiger partial charge is 0.508 e. The maximum atomic E-state index is 9.63. The zero-order valence-corrected chi connectivity index (χ0v) is 11.4. The molecule has 18 heavy (non-hydrogen) atoms. The fourth-order valence-electron chi connectivity index (χ4n) is 3.81. The van der Waals surface area contributed by atoms with Gasteiger partial charge in [-0.2, -0.15) is 0 Å². The van der Waals surface area contributed by atoms with Gasteiger partial charge in [0, 0.05) is 6.07 Å². The molecule has 2 bridgehead atoms. The van der Waals surface area contributed by atoms with Crippen LogP contribution in [0.1, 0.15) is 51.5 Å². The van der Waals surface area contributed by atoms with Gasteiger partial charge in [0.2, 0.25) is 0 Å². The fraction of sp³-hybridized carbons (Fsp3) is 0.625. The second-order valence-corrected chi connectivity index (χ2v) is 6.53. The molecule has 1 aliphatic heterocycles. The van der Waals surface area contributed by atoms with E-state index in [1.54, 1.807) is 12.1 Å². The van der Waals surface area contributed by atoms with Crippen molar-refractivity contribution in [2.75, 3.05) is 0 Å². The van der Waals surface area contributed by atoms with Crippen molar-refractivity contribution in [3.63, 3.8) is 0 Å². The predicted octanol–water partition coefficient (Wildman–Crippen LogP) is 4.08. The van der Waals surface area contributed by atoms with Gasteiger partial charge in [0.05, 0.1) is 0 Å². The lowest BCUT2D eigenvalue weighted by molar-refractivity contribution is -0.00781. The Morgan fingerprint density at radius 3 is 2.89 bits per heavy atom. The van der Waals surface area contributed by atoms with Crippen LogP contribution >= 0.6 is 0 Å². The maximum absolute atomic E-state index is 9.63. The molecule has 1 fully saturated rings. The average molecular weight is 246 g/mol.